The van der Waals surface area contributed by atoms with Crippen molar-refractivity contribution in [3.05, 3.63) is 34.6 Å². The smallest absolute Gasteiger partial charge is 0.227 e. The second-order valence-electron chi connectivity index (χ2n) is 7.12. The van der Waals surface area contributed by atoms with E-state index in [0.717, 1.165) is 10.4 Å². The number of halogens is 1. The number of carbonyl (C=O) groups excluding carboxylic acids is 1. The van der Waals surface area contributed by atoms with Gasteiger partial charge in [0.25, 0.3) is 0 Å². The Morgan fingerprint density at radius 2 is 2.26 bits per heavy atom. The molecule has 0 unspecified atom stereocenters. The SMILES string of the molecule is C[C@H]1C[C@@](O)(c2cnc(Sc3cc4c(cc3F)N(C)C(=O)CC4)s2)CCO1. The number of ether oxygens (including phenoxy) is 1. The van der Waals surface area contributed by atoms with Gasteiger partial charge in [-0.3, -0.25) is 4.79 Å². The largest absolute Gasteiger partial charge is 0.384 e. The van der Waals surface area contributed by atoms with Gasteiger partial charge in [-0.1, -0.05) is 11.8 Å². The molecule has 4 rings (SSSR count). The Morgan fingerprint density at radius 3 is 3.04 bits per heavy atom. The lowest BCUT2D eigenvalue weighted by Crippen LogP contribution is -2.36. The van der Waals surface area contributed by atoms with Crippen LogP contribution in [0.4, 0.5) is 10.1 Å². The number of aryl methyl sites for hydroxylation is 1. The van der Waals surface area contributed by atoms with Crippen LogP contribution in [0.5, 0.6) is 0 Å². The van der Waals surface area contributed by atoms with Crippen molar-refractivity contribution in [1.82, 2.24) is 4.98 Å². The van der Waals surface area contributed by atoms with E-state index in [0.29, 0.717) is 47.2 Å². The van der Waals surface area contributed by atoms with E-state index in [1.54, 1.807) is 13.2 Å². The molecule has 27 heavy (non-hydrogen) atoms. The molecule has 1 aromatic heterocycles. The van der Waals surface area contributed by atoms with Crippen molar-refractivity contribution in [2.75, 3.05) is 18.6 Å². The summed E-state index contributed by atoms with van der Waals surface area (Å²) in [4.78, 5) is 19.0. The lowest BCUT2D eigenvalue weighted by atomic mass is 9.90. The monoisotopic (exact) mass is 408 g/mol. The highest BCUT2D eigenvalue weighted by Crippen LogP contribution is 2.42. The van der Waals surface area contributed by atoms with Gasteiger partial charge in [0.1, 0.15) is 11.4 Å². The summed E-state index contributed by atoms with van der Waals surface area (Å²) < 4.78 is 20.8. The first-order chi connectivity index (χ1) is 12.9. The fourth-order valence-electron chi connectivity index (χ4n) is 3.62. The van der Waals surface area contributed by atoms with E-state index in [2.05, 4.69) is 4.98 Å². The minimum absolute atomic E-state index is 0.000238. The van der Waals surface area contributed by atoms with Crippen LogP contribution >= 0.6 is 23.1 Å². The van der Waals surface area contributed by atoms with Crippen molar-refractivity contribution < 1.29 is 19.0 Å². The molecule has 2 aromatic rings. The molecule has 0 radical (unpaired) electrons. The van der Waals surface area contributed by atoms with Gasteiger partial charge in [-0.15, -0.1) is 11.3 Å². The Bertz CT molecular complexity index is 888. The molecule has 1 amide bonds. The molecule has 0 aliphatic carbocycles. The predicted octanol–water partition coefficient (Wildman–Crippen LogP) is 3.73. The average Bonchev–Trinajstić information content (AvgIpc) is 3.09. The molecule has 2 aliphatic heterocycles. The molecule has 0 bridgehead atoms. The number of hydrogen-bond acceptors (Lipinski definition) is 6. The highest BCUT2D eigenvalue weighted by atomic mass is 32.2. The van der Waals surface area contributed by atoms with Crippen molar-refractivity contribution in [1.29, 1.82) is 0 Å². The molecular formula is C19H21FN2O3S2. The second-order valence-corrected chi connectivity index (χ2v) is 9.44. The summed E-state index contributed by atoms with van der Waals surface area (Å²) in [6.07, 6.45) is 3.82. The molecule has 1 fully saturated rings. The number of aromatic nitrogens is 1. The highest BCUT2D eigenvalue weighted by Gasteiger charge is 2.37. The number of fused-ring (bicyclic) bond motifs is 1. The molecule has 1 aromatic carbocycles. The van der Waals surface area contributed by atoms with E-state index < -0.39 is 5.60 Å². The zero-order chi connectivity index (χ0) is 19.2. The van der Waals surface area contributed by atoms with E-state index in [1.165, 1.54) is 34.1 Å². The van der Waals surface area contributed by atoms with Crippen LogP contribution in [0, 0.1) is 5.82 Å². The first-order valence-corrected chi connectivity index (χ1v) is 10.6. The summed E-state index contributed by atoms with van der Waals surface area (Å²) in [6.45, 7) is 2.47. The molecular weight excluding hydrogens is 387 g/mol. The molecule has 5 nitrogen and oxygen atoms in total. The van der Waals surface area contributed by atoms with E-state index in [1.807, 2.05) is 13.0 Å². The predicted molar refractivity (Wildman–Crippen MR) is 103 cm³/mol. The van der Waals surface area contributed by atoms with Crippen LogP contribution in [0.15, 0.2) is 27.6 Å². The lowest BCUT2D eigenvalue weighted by molar-refractivity contribution is -0.118. The van der Waals surface area contributed by atoms with Crippen molar-refractivity contribution >= 4 is 34.7 Å². The number of anilines is 1. The number of amides is 1. The molecule has 2 atom stereocenters. The molecule has 0 saturated carbocycles. The van der Waals surface area contributed by atoms with Gasteiger partial charge in [-0.05, 0) is 31.0 Å². The van der Waals surface area contributed by atoms with Gasteiger partial charge >= 0.3 is 0 Å². The zero-order valence-electron chi connectivity index (χ0n) is 15.2. The van der Waals surface area contributed by atoms with E-state index in [4.69, 9.17) is 4.74 Å². The van der Waals surface area contributed by atoms with Gasteiger partial charge in [-0.25, -0.2) is 9.37 Å². The first-order valence-electron chi connectivity index (χ1n) is 8.93. The zero-order valence-corrected chi connectivity index (χ0v) is 16.8. The summed E-state index contributed by atoms with van der Waals surface area (Å²) in [7, 11) is 1.68. The summed E-state index contributed by atoms with van der Waals surface area (Å²) in [5, 5.41) is 10.9. The number of rotatable bonds is 3. The summed E-state index contributed by atoms with van der Waals surface area (Å²) in [5.74, 6) is -0.360. The standard InChI is InChI=1S/C19H21FN2O3S2/c1-11-9-19(24,5-6-25-11)16-10-21-18(27-16)26-15-7-12-3-4-17(23)22(2)14(12)8-13(15)20/h7-8,10-11,24H,3-6,9H2,1-2H3/t11-,19+/m0/s1. The maximum Gasteiger partial charge on any atom is 0.227 e. The molecule has 3 heterocycles. The molecule has 144 valence electrons. The Morgan fingerprint density at radius 1 is 1.44 bits per heavy atom. The normalized spacial score (nSPS) is 25.6. The van der Waals surface area contributed by atoms with Crippen LogP contribution in [0.1, 0.15) is 36.6 Å². The van der Waals surface area contributed by atoms with Crippen LogP contribution < -0.4 is 4.90 Å². The van der Waals surface area contributed by atoms with Crippen LogP contribution in [-0.4, -0.2) is 35.8 Å². The maximum atomic E-state index is 14.6. The fraction of sp³-hybridized carbons (Fsp3) is 0.474. The molecule has 1 N–H and O–H groups in total. The molecule has 8 heteroatoms. The van der Waals surface area contributed by atoms with Gasteiger partial charge in [0.2, 0.25) is 5.91 Å². The number of hydrogen-bond donors (Lipinski definition) is 1. The van der Waals surface area contributed by atoms with Crippen molar-refractivity contribution in [3.63, 3.8) is 0 Å². The van der Waals surface area contributed by atoms with Crippen LogP contribution in [0.2, 0.25) is 0 Å². The lowest BCUT2D eigenvalue weighted by Gasteiger charge is -2.34. The number of thiazole rings is 1. The Kier molecular flexibility index (Phi) is 5.00. The first kappa shape index (κ1) is 18.9. The Labute approximate surface area is 165 Å². The summed E-state index contributed by atoms with van der Waals surface area (Å²) in [6, 6.07) is 3.24. The quantitative estimate of drug-likeness (QED) is 0.839. The maximum absolute atomic E-state index is 14.6. The summed E-state index contributed by atoms with van der Waals surface area (Å²) in [5.41, 5.74) is 0.680. The second kappa shape index (κ2) is 7.16. The van der Waals surface area contributed by atoms with Gasteiger partial charge in [0.15, 0.2) is 4.34 Å². The van der Waals surface area contributed by atoms with E-state index >= 15 is 0 Å². The highest BCUT2D eigenvalue weighted by molar-refractivity contribution is 8.01. The Hall–Kier alpha value is -1.48. The molecule has 2 aliphatic rings. The Balaban J connectivity index is 1.57. The third kappa shape index (κ3) is 3.63. The molecule has 1 saturated heterocycles. The van der Waals surface area contributed by atoms with Crippen LogP contribution in [0.25, 0.3) is 0 Å². The topological polar surface area (TPSA) is 62.7 Å². The van der Waals surface area contributed by atoms with Crippen molar-refractivity contribution in [2.45, 2.75) is 53.5 Å². The minimum atomic E-state index is -0.925. The van der Waals surface area contributed by atoms with Crippen LogP contribution in [0.3, 0.4) is 0 Å². The van der Waals surface area contributed by atoms with E-state index in [-0.39, 0.29) is 17.8 Å². The van der Waals surface area contributed by atoms with Gasteiger partial charge in [-0.2, -0.15) is 0 Å². The average molecular weight is 409 g/mol. The fourth-order valence-corrected chi connectivity index (χ4v) is 5.75. The van der Waals surface area contributed by atoms with Gasteiger partial charge in [0, 0.05) is 38.2 Å². The number of aliphatic hydroxyl groups is 1. The molecule has 0 spiro atoms. The number of carbonyl (C=O) groups is 1. The third-order valence-corrected chi connectivity index (χ3v) is 7.46. The number of benzene rings is 1. The minimum Gasteiger partial charge on any atom is -0.384 e. The third-order valence-electron chi connectivity index (χ3n) is 5.16. The van der Waals surface area contributed by atoms with Crippen LogP contribution in [-0.2, 0) is 21.6 Å². The summed E-state index contributed by atoms with van der Waals surface area (Å²) >= 11 is 2.66. The van der Waals surface area contributed by atoms with Gasteiger partial charge in [0.05, 0.1) is 22.5 Å². The van der Waals surface area contributed by atoms with Crippen molar-refractivity contribution in [3.8, 4) is 0 Å². The van der Waals surface area contributed by atoms with Gasteiger partial charge < -0.3 is 14.7 Å². The van der Waals surface area contributed by atoms with E-state index in [9.17, 15) is 14.3 Å². The van der Waals surface area contributed by atoms with Crippen molar-refractivity contribution in [2.24, 2.45) is 0 Å². The number of nitrogens with zero attached hydrogens (tertiary/aromatic N) is 2.